The van der Waals surface area contributed by atoms with E-state index in [1.807, 2.05) is 17.4 Å². The van der Waals surface area contributed by atoms with Gasteiger partial charge in [0.25, 0.3) is 5.91 Å². The molecule has 3 atom stereocenters. The van der Waals surface area contributed by atoms with Gasteiger partial charge in [0.1, 0.15) is 18.4 Å². The first kappa shape index (κ1) is 18.2. The van der Waals surface area contributed by atoms with Gasteiger partial charge < -0.3 is 14.4 Å². The number of morpholine rings is 1. The molecule has 2 fully saturated rings. The number of fused-ring (bicyclic) bond motifs is 1. The summed E-state index contributed by atoms with van der Waals surface area (Å²) in [5.74, 6) is -2.17. The maximum absolute atomic E-state index is 13.1. The lowest BCUT2D eigenvalue weighted by atomic mass is 10.0. The Balaban J connectivity index is 1.29. The summed E-state index contributed by atoms with van der Waals surface area (Å²) in [5.41, 5.74) is 2.94. The van der Waals surface area contributed by atoms with Gasteiger partial charge in [-0.15, -0.1) is 0 Å². The molecule has 0 radical (unpaired) electrons. The van der Waals surface area contributed by atoms with Crippen molar-refractivity contribution in [3.8, 4) is 5.75 Å². The monoisotopic (exact) mass is 452 g/mol. The number of hydrogen-bond acceptors (Lipinski definition) is 6. The normalized spacial score (nSPS) is 29.2. The molecule has 1 N–H and O–H groups in total. The van der Waals surface area contributed by atoms with Crippen LogP contribution < -0.4 is 10.1 Å². The lowest BCUT2D eigenvalue weighted by Gasteiger charge is -2.29. The van der Waals surface area contributed by atoms with E-state index in [-0.39, 0.29) is 18.7 Å². The number of benzene rings is 2. The van der Waals surface area contributed by atoms with Crippen molar-refractivity contribution in [1.29, 1.82) is 0 Å². The Morgan fingerprint density at radius 2 is 1.85 bits per heavy atom. The van der Waals surface area contributed by atoms with E-state index in [0.29, 0.717) is 11.3 Å². The second kappa shape index (κ2) is 9.33. The van der Waals surface area contributed by atoms with Crippen molar-refractivity contribution >= 4 is 17.7 Å². The van der Waals surface area contributed by atoms with Crippen molar-refractivity contribution < 1.29 is 28.0 Å². The van der Waals surface area contributed by atoms with E-state index >= 15 is 0 Å². The SMILES string of the molecule is [2H]C1C(=O)NC(=O)C([2H])(N2Cc3c(OCc4ccc(CN5CCOCC5)cc4)cccc3C2=O)C1[2H]. The predicted octanol–water partition coefficient (Wildman–Crippen LogP) is 1.86. The fraction of sp³-hybridized carbons (Fsp3) is 0.400. The molecule has 0 saturated carbocycles. The molecule has 3 unspecified atom stereocenters. The molecular weight excluding hydrogens is 422 g/mol. The van der Waals surface area contributed by atoms with Crippen molar-refractivity contribution in [1.82, 2.24) is 15.1 Å². The van der Waals surface area contributed by atoms with Gasteiger partial charge in [-0.25, -0.2) is 0 Å². The van der Waals surface area contributed by atoms with Gasteiger partial charge in [-0.05, 0) is 29.7 Å². The summed E-state index contributed by atoms with van der Waals surface area (Å²) in [6.07, 6.45) is -3.39. The first-order chi connectivity index (χ1) is 17.3. The third-order valence-corrected chi connectivity index (χ3v) is 6.00. The van der Waals surface area contributed by atoms with Crippen molar-refractivity contribution in [3.05, 3.63) is 64.7 Å². The molecule has 33 heavy (non-hydrogen) atoms. The Morgan fingerprint density at radius 1 is 1.09 bits per heavy atom. The molecule has 2 aromatic rings. The van der Waals surface area contributed by atoms with Gasteiger partial charge in [0.05, 0.1) is 21.1 Å². The van der Waals surface area contributed by atoms with E-state index < -0.39 is 36.5 Å². The quantitative estimate of drug-likeness (QED) is 0.674. The molecule has 2 aromatic carbocycles. The van der Waals surface area contributed by atoms with Gasteiger partial charge in [0.2, 0.25) is 11.8 Å². The molecule has 0 bridgehead atoms. The Morgan fingerprint density at radius 3 is 2.64 bits per heavy atom. The summed E-state index contributed by atoms with van der Waals surface area (Å²) < 4.78 is 36.2. The highest BCUT2D eigenvalue weighted by Gasteiger charge is 2.40. The van der Waals surface area contributed by atoms with Crippen LogP contribution in [0, 0.1) is 0 Å². The largest absolute Gasteiger partial charge is 0.489 e. The van der Waals surface area contributed by atoms with Crippen LogP contribution in [0.1, 0.15) is 44.0 Å². The molecule has 3 aliphatic rings. The molecule has 3 heterocycles. The zero-order chi connectivity index (χ0) is 25.4. The second-order valence-electron chi connectivity index (χ2n) is 8.20. The van der Waals surface area contributed by atoms with Crippen molar-refractivity contribution in [2.24, 2.45) is 0 Å². The third kappa shape index (κ3) is 4.62. The minimum Gasteiger partial charge on any atom is -0.489 e. The zero-order valence-electron chi connectivity index (χ0n) is 21.1. The maximum Gasteiger partial charge on any atom is 0.255 e. The summed E-state index contributed by atoms with van der Waals surface area (Å²) in [7, 11) is 0. The number of piperidine rings is 1. The molecule has 0 spiro atoms. The molecule has 0 aliphatic carbocycles. The van der Waals surface area contributed by atoms with Crippen LogP contribution in [0.5, 0.6) is 5.75 Å². The number of nitrogens with zero attached hydrogens (tertiary/aromatic N) is 2. The van der Waals surface area contributed by atoms with E-state index in [0.717, 1.165) is 43.3 Å². The van der Waals surface area contributed by atoms with Crippen LogP contribution >= 0.6 is 0 Å². The van der Waals surface area contributed by atoms with Crippen LogP contribution in [-0.4, -0.2) is 59.8 Å². The first-order valence-electron chi connectivity index (χ1n) is 12.6. The Hall–Kier alpha value is -3.23. The minimum absolute atomic E-state index is 0.129. The van der Waals surface area contributed by atoms with Gasteiger partial charge in [0.15, 0.2) is 0 Å². The summed E-state index contributed by atoms with van der Waals surface area (Å²) >= 11 is 0. The minimum atomic E-state index is -2.40. The zero-order valence-corrected chi connectivity index (χ0v) is 18.1. The highest BCUT2D eigenvalue weighted by Crippen LogP contribution is 2.34. The molecular formula is C25H27N3O5. The average molecular weight is 453 g/mol. The Bertz CT molecular complexity index is 1190. The summed E-state index contributed by atoms with van der Waals surface area (Å²) in [6, 6.07) is 10.7. The van der Waals surface area contributed by atoms with E-state index in [4.69, 9.17) is 13.6 Å². The topological polar surface area (TPSA) is 88.2 Å². The summed E-state index contributed by atoms with van der Waals surface area (Å²) in [4.78, 5) is 40.7. The average Bonchev–Trinajstić information content (AvgIpc) is 3.24. The molecule has 8 heteroatoms. The van der Waals surface area contributed by atoms with Crippen LogP contribution in [0.25, 0.3) is 0 Å². The number of hydrogen-bond donors (Lipinski definition) is 1. The van der Waals surface area contributed by atoms with Gasteiger partial charge in [-0.1, -0.05) is 30.3 Å². The lowest BCUT2D eigenvalue weighted by Crippen LogP contribution is -2.52. The number of imide groups is 1. The van der Waals surface area contributed by atoms with Crippen molar-refractivity contribution in [2.45, 2.75) is 38.5 Å². The second-order valence-corrected chi connectivity index (χ2v) is 8.20. The van der Waals surface area contributed by atoms with Gasteiger partial charge in [0, 0.05) is 39.9 Å². The van der Waals surface area contributed by atoms with E-state index in [1.165, 1.54) is 5.56 Å². The molecule has 0 aromatic heterocycles. The number of amides is 3. The number of nitrogens with one attached hydrogen (secondary N) is 1. The van der Waals surface area contributed by atoms with Crippen molar-refractivity contribution in [3.63, 3.8) is 0 Å². The molecule has 2 saturated heterocycles. The number of rotatable bonds is 6. The Kier molecular flexibility index (Phi) is 5.15. The van der Waals surface area contributed by atoms with Crippen LogP contribution in [0.2, 0.25) is 0 Å². The van der Waals surface area contributed by atoms with E-state index in [2.05, 4.69) is 17.0 Å². The Labute approximate surface area is 196 Å². The number of carbonyl (C=O) groups is 3. The van der Waals surface area contributed by atoms with Crippen LogP contribution in [0.3, 0.4) is 0 Å². The number of carbonyl (C=O) groups excluding carboxylic acids is 3. The predicted molar refractivity (Wildman–Crippen MR) is 119 cm³/mol. The molecule has 8 nitrogen and oxygen atoms in total. The smallest absolute Gasteiger partial charge is 0.255 e. The van der Waals surface area contributed by atoms with E-state index in [1.54, 1.807) is 18.2 Å². The van der Waals surface area contributed by atoms with E-state index in [9.17, 15) is 14.4 Å². The fourth-order valence-electron chi connectivity index (χ4n) is 4.21. The fourth-order valence-corrected chi connectivity index (χ4v) is 4.21. The summed E-state index contributed by atoms with van der Waals surface area (Å²) in [6.45, 7) is 4.34. The van der Waals surface area contributed by atoms with Crippen LogP contribution in [0.4, 0.5) is 0 Å². The van der Waals surface area contributed by atoms with Gasteiger partial charge >= 0.3 is 0 Å². The molecule has 3 aliphatic heterocycles. The third-order valence-electron chi connectivity index (χ3n) is 6.00. The summed E-state index contributed by atoms with van der Waals surface area (Å²) in [5, 5.41) is 1.96. The lowest BCUT2D eigenvalue weighted by molar-refractivity contribution is -0.136. The van der Waals surface area contributed by atoms with Gasteiger partial charge in [-0.2, -0.15) is 0 Å². The number of ether oxygens (including phenoxy) is 2. The van der Waals surface area contributed by atoms with Crippen LogP contribution in [0.15, 0.2) is 42.5 Å². The highest BCUT2D eigenvalue weighted by atomic mass is 16.5. The highest BCUT2D eigenvalue weighted by molar-refractivity contribution is 6.05. The standard InChI is InChI=1S/C25H27N3O5/c29-23-9-8-21(24(30)26-23)28-15-20-19(25(28)31)2-1-3-22(20)33-16-18-6-4-17(5-7-18)14-27-10-12-32-13-11-27/h1-7,21H,8-16H2,(H,26,29,30)/i8D,9D,21D. The molecule has 3 amide bonds. The van der Waals surface area contributed by atoms with Gasteiger partial charge in [-0.3, -0.25) is 24.6 Å². The van der Waals surface area contributed by atoms with Crippen molar-refractivity contribution in [2.75, 3.05) is 26.3 Å². The first-order valence-corrected chi connectivity index (χ1v) is 10.9. The maximum atomic E-state index is 13.1. The molecule has 5 rings (SSSR count). The van der Waals surface area contributed by atoms with Crippen LogP contribution in [-0.2, 0) is 34.0 Å². The molecule has 172 valence electrons.